The SMILES string of the molecule is C=C(C)CC(=O)OCCCc1cc(-c2ccc(-c3ccc([C@H]4CC[C@H](CCCCC)CC4)cc3)c(CC)c2)cc(CCCOC(=O)C(=C)C)c1OCCC(CO)(CO)CCCC. The number of hydrogen-bond acceptors (Lipinski definition) is 7. The molecular formula is C55H78O7. The first kappa shape index (κ1) is 50.4. The first-order chi connectivity index (χ1) is 30.0. The summed E-state index contributed by atoms with van der Waals surface area (Å²) in [5.74, 6) is 1.62. The number of aliphatic hydroxyl groups excluding tert-OH is 2. The van der Waals surface area contributed by atoms with Gasteiger partial charge in [0.25, 0.3) is 0 Å². The molecule has 340 valence electrons. The lowest BCUT2D eigenvalue weighted by atomic mass is 9.77. The zero-order valence-electron chi connectivity index (χ0n) is 39.0. The number of aryl methyl sites for hydroxylation is 3. The van der Waals surface area contributed by atoms with Crippen LogP contribution < -0.4 is 4.74 Å². The zero-order chi connectivity index (χ0) is 44.9. The van der Waals surface area contributed by atoms with E-state index < -0.39 is 11.4 Å². The molecule has 4 rings (SSSR count). The highest BCUT2D eigenvalue weighted by Gasteiger charge is 2.29. The predicted octanol–water partition coefficient (Wildman–Crippen LogP) is 12.9. The summed E-state index contributed by atoms with van der Waals surface area (Å²) in [6.45, 7) is 18.2. The topological polar surface area (TPSA) is 102 Å². The smallest absolute Gasteiger partial charge is 0.333 e. The fourth-order valence-electron chi connectivity index (χ4n) is 8.94. The number of rotatable bonds is 28. The van der Waals surface area contributed by atoms with Gasteiger partial charge < -0.3 is 24.4 Å². The quantitative estimate of drug-likeness (QED) is 0.0325. The van der Waals surface area contributed by atoms with Crippen molar-refractivity contribution in [3.63, 3.8) is 0 Å². The van der Waals surface area contributed by atoms with E-state index in [0.29, 0.717) is 56.6 Å². The first-order valence-electron chi connectivity index (χ1n) is 23.8. The molecule has 0 aromatic heterocycles. The van der Waals surface area contributed by atoms with Crippen molar-refractivity contribution in [2.24, 2.45) is 11.3 Å². The van der Waals surface area contributed by atoms with Crippen molar-refractivity contribution in [3.05, 3.63) is 101 Å². The van der Waals surface area contributed by atoms with Gasteiger partial charge in [-0.25, -0.2) is 4.79 Å². The number of carbonyl (C=O) groups is 2. The Labute approximate surface area is 374 Å². The molecule has 0 radical (unpaired) electrons. The second-order valence-electron chi connectivity index (χ2n) is 18.2. The predicted molar refractivity (Wildman–Crippen MR) is 255 cm³/mol. The van der Waals surface area contributed by atoms with Crippen molar-refractivity contribution in [3.8, 4) is 28.0 Å². The first-order valence-corrected chi connectivity index (χ1v) is 23.8. The number of ether oxygens (including phenoxy) is 3. The van der Waals surface area contributed by atoms with Gasteiger partial charge in [0.15, 0.2) is 0 Å². The maximum absolute atomic E-state index is 12.4. The third-order valence-electron chi connectivity index (χ3n) is 12.9. The van der Waals surface area contributed by atoms with Crippen LogP contribution >= 0.6 is 0 Å². The Kier molecular flexibility index (Phi) is 21.5. The molecule has 0 unspecified atom stereocenters. The molecule has 7 heteroatoms. The molecule has 0 heterocycles. The lowest BCUT2D eigenvalue weighted by Crippen LogP contribution is -2.32. The Morgan fingerprint density at radius 2 is 1.31 bits per heavy atom. The van der Waals surface area contributed by atoms with Gasteiger partial charge in [0, 0.05) is 11.0 Å². The molecule has 2 N–H and O–H groups in total. The van der Waals surface area contributed by atoms with Crippen molar-refractivity contribution in [2.75, 3.05) is 33.0 Å². The van der Waals surface area contributed by atoms with Crippen LogP contribution in [0.15, 0.2) is 78.9 Å². The van der Waals surface area contributed by atoms with Crippen LogP contribution in [0.1, 0.15) is 159 Å². The largest absolute Gasteiger partial charge is 0.493 e. The molecule has 1 fully saturated rings. The number of hydrogen-bond donors (Lipinski definition) is 2. The van der Waals surface area contributed by atoms with Gasteiger partial charge in [-0.15, -0.1) is 0 Å². The van der Waals surface area contributed by atoms with Crippen LogP contribution in [0.2, 0.25) is 0 Å². The van der Waals surface area contributed by atoms with Crippen molar-refractivity contribution < 1.29 is 34.0 Å². The van der Waals surface area contributed by atoms with Crippen LogP contribution in [0.4, 0.5) is 0 Å². The van der Waals surface area contributed by atoms with Gasteiger partial charge in [-0.3, -0.25) is 4.79 Å². The minimum atomic E-state index is -0.629. The maximum atomic E-state index is 12.4. The molecule has 1 aliphatic rings. The van der Waals surface area contributed by atoms with Gasteiger partial charge in [0.05, 0.1) is 39.5 Å². The van der Waals surface area contributed by atoms with Crippen molar-refractivity contribution in [1.29, 1.82) is 0 Å². The molecule has 0 atom stereocenters. The van der Waals surface area contributed by atoms with E-state index in [0.717, 1.165) is 58.8 Å². The molecule has 3 aromatic carbocycles. The molecule has 0 aliphatic heterocycles. The minimum absolute atomic E-state index is 0.116. The molecule has 0 saturated heterocycles. The average Bonchev–Trinajstić information content (AvgIpc) is 3.28. The fourth-order valence-corrected chi connectivity index (χ4v) is 8.94. The standard InChI is InChI=1S/C55H78O7/c1-8-11-13-16-42-19-21-44(22-20-42)45-23-25-46(26-24-45)51-28-27-47(35-43(51)10-3)50-36-48(17-14-31-60-52(58)34-40(4)5)53(49(37-50)18-15-32-62-54(59)41(6)7)61-33-30-55(38-56,39-57)29-12-9-2/h23-28,35-37,42,44,56-57H,4,6,8-22,29-34,38-39H2,1-3,5,7H3/t42-,44-. The Morgan fingerprint density at radius 1 is 0.694 bits per heavy atom. The van der Waals surface area contributed by atoms with Crippen molar-refractivity contribution in [1.82, 2.24) is 0 Å². The summed E-state index contributed by atoms with van der Waals surface area (Å²) in [6.07, 6.45) is 17.3. The fraction of sp³-hybridized carbons (Fsp3) is 0.564. The number of aliphatic hydroxyl groups is 2. The highest BCUT2D eigenvalue weighted by Crippen LogP contribution is 2.40. The number of carbonyl (C=O) groups excluding carboxylic acids is 2. The molecular weight excluding hydrogens is 773 g/mol. The highest BCUT2D eigenvalue weighted by molar-refractivity contribution is 5.86. The average molecular weight is 851 g/mol. The molecule has 62 heavy (non-hydrogen) atoms. The maximum Gasteiger partial charge on any atom is 0.333 e. The van der Waals surface area contributed by atoms with E-state index in [-0.39, 0.29) is 38.8 Å². The normalized spacial score (nSPS) is 15.3. The molecule has 0 bridgehead atoms. The lowest BCUT2D eigenvalue weighted by molar-refractivity contribution is -0.143. The molecule has 1 saturated carbocycles. The zero-order valence-corrected chi connectivity index (χ0v) is 39.0. The van der Waals surface area contributed by atoms with Crippen LogP contribution in [-0.4, -0.2) is 55.2 Å². The van der Waals surface area contributed by atoms with E-state index >= 15 is 0 Å². The summed E-state index contributed by atoms with van der Waals surface area (Å²) in [5, 5.41) is 20.7. The van der Waals surface area contributed by atoms with E-state index in [1.54, 1.807) is 6.92 Å². The lowest BCUT2D eigenvalue weighted by Gasteiger charge is -2.30. The third-order valence-corrected chi connectivity index (χ3v) is 12.9. The van der Waals surface area contributed by atoms with E-state index in [9.17, 15) is 19.8 Å². The Bertz CT molecular complexity index is 1860. The highest BCUT2D eigenvalue weighted by atomic mass is 16.5. The summed E-state index contributed by atoms with van der Waals surface area (Å²) in [5.41, 5.74) is 9.88. The number of unbranched alkanes of at least 4 members (excludes halogenated alkanes) is 3. The monoisotopic (exact) mass is 851 g/mol. The summed E-state index contributed by atoms with van der Waals surface area (Å²) in [7, 11) is 0. The van der Waals surface area contributed by atoms with E-state index in [4.69, 9.17) is 14.2 Å². The number of esters is 2. The van der Waals surface area contributed by atoms with Gasteiger partial charge in [-0.05, 0) is 153 Å². The van der Waals surface area contributed by atoms with E-state index in [2.05, 4.69) is 88.5 Å². The summed E-state index contributed by atoms with van der Waals surface area (Å²) < 4.78 is 17.7. The molecule has 3 aromatic rings. The van der Waals surface area contributed by atoms with E-state index in [1.807, 2.05) is 6.92 Å². The van der Waals surface area contributed by atoms with Gasteiger partial charge >= 0.3 is 11.9 Å². The summed E-state index contributed by atoms with van der Waals surface area (Å²) >= 11 is 0. The van der Waals surface area contributed by atoms with Crippen LogP contribution in [0.3, 0.4) is 0 Å². The molecule has 1 aliphatic carbocycles. The molecule has 7 nitrogen and oxygen atoms in total. The van der Waals surface area contributed by atoms with Crippen LogP contribution in [0.25, 0.3) is 22.3 Å². The Balaban J connectivity index is 1.64. The molecule has 0 spiro atoms. The van der Waals surface area contributed by atoms with Gasteiger partial charge in [0.1, 0.15) is 5.75 Å². The van der Waals surface area contributed by atoms with Crippen molar-refractivity contribution >= 4 is 11.9 Å². The van der Waals surface area contributed by atoms with Crippen LogP contribution in [0.5, 0.6) is 5.75 Å². The Morgan fingerprint density at radius 3 is 1.89 bits per heavy atom. The van der Waals surface area contributed by atoms with Gasteiger partial charge in [-0.1, -0.05) is 120 Å². The summed E-state index contributed by atoms with van der Waals surface area (Å²) in [6, 6.07) is 20.5. The third kappa shape index (κ3) is 15.6. The second-order valence-corrected chi connectivity index (χ2v) is 18.2. The van der Waals surface area contributed by atoms with E-state index in [1.165, 1.54) is 73.6 Å². The van der Waals surface area contributed by atoms with Crippen molar-refractivity contribution in [2.45, 2.75) is 156 Å². The van der Waals surface area contributed by atoms with Gasteiger partial charge in [-0.2, -0.15) is 0 Å². The Hall–Kier alpha value is -4.20. The van der Waals surface area contributed by atoms with Crippen LogP contribution in [-0.2, 0) is 38.3 Å². The number of benzene rings is 3. The van der Waals surface area contributed by atoms with Crippen LogP contribution in [0, 0.1) is 11.3 Å². The molecule has 0 amide bonds. The summed E-state index contributed by atoms with van der Waals surface area (Å²) in [4.78, 5) is 24.6. The second kappa shape index (κ2) is 26.4. The van der Waals surface area contributed by atoms with Gasteiger partial charge in [0.2, 0.25) is 0 Å². The minimum Gasteiger partial charge on any atom is -0.493 e.